The highest BCUT2D eigenvalue weighted by Crippen LogP contribution is 2.16. The highest BCUT2D eigenvalue weighted by molar-refractivity contribution is 5.46. The van der Waals surface area contributed by atoms with E-state index >= 15 is 0 Å². The van der Waals surface area contributed by atoms with Crippen LogP contribution in [0.5, 0.6) is 0 Å². The molecular formula is C13H24N4. The molecule has 0 saturated heterocycles. The van der Waals surface area contributed by atoms with E-state index in [1.54, 1.807) is 0 Å². The lowest BCUT2D eigenvalue weighted by molar-refractivity contribution is 0.401. The van der Waals surface area contributed by atoms with Gasteiger partial charge in [-0.2, -0.15) is 0 Å². The number of nitrogens with zero attached hydrogens (tertiary/aromatic N) is 3. The minimum Gasteiger partial charge on any atom is -0.359 e. The number of hydrogen-bond donors (Lipinski definition) is 1. The molecule has 1 heterocycles. The van der Waals surface area contributed by atoms with Gasteiger partial charge in [0, 0.05) is 19.8 Å². The standard InChI is InChI=1S/C13H24N4/c1-16(2)10-5-11-17(3)13-12(7-8-14)6-4-9-15-13/h4,6,9H,5,7-8,10-11,14H2,1-3H3. The second-order valence-corrected chi connectivity index (χ2v) is 4.60. The first kappa shape index (κ1) is 13.9. The summed E-state index contributed by atoms with van der Waals surface area (Å²) >= 11 is 0. The fourth-order valence-corrected chi connectivity index (χ4v) is 1.85. The molecule has 17 heavy (non-hydrogen) atoms. The molecule has 0 atom stereocenters. The van der Waals surface area contributed by atoms with Gasteiger partial charge in [0.2, 0.25) is 0 Å². The monoisotopic (exact) mass is 236 g/mol. The van der Waals surface area contributed by atoms with Crippen LogP contribution in [0.4, 0.5) is 5.82 Å². The molecule has 0 aromatic carbocycles. The third-order valence-corrected chi connectivity index (χ3v) is 2.74. The predicted molar refractivity (Wildman–Crippen MR) is 73.4 cm³/mol. The van der Waals surface area contributed by atoms with Crippen LogP contribution in [-0.4, -0.2) is 50.7 Å². The predicted octanol–water partition coefficient (Wildman–Crippen LogP) is 0.971. The summed E-state index contributed by atoms with van der Waals surface area (Å²) in [4.78, 5) is 8.87. The number of hydrogen-bond acceptors (Lipinski definition) is 4. The normalized spacial score (nSPS) is 10.9. The van der Waals surface area contributed by atoms with Gasteiger partial charge in [0.1, 0.15) is 5.82 Å². The van der Waals surface area contributed by atoms with E-state index in [4.69, 9.17) is 5.73 Å². The second kappa shape index (κ2) is 7.25. The zero-order valence-corrected chi connectivity index (χ0v) is 11.2. The van der Waals surface area contributed by atoms with Gasteiger partial charge < -0.3 is 15.5 Å². The molecule has 0 bridgehead atoms. The molecule has 0 radical (unpaired) electrons. The Bertz CT molecular complexity index is 325. The van der Waals surface area contributed by atoms with E-state index < -0.39 is 0 Å². The Balaban J connectivity index is 2.58. The highest BCUT2D eigenvalue weighted by Gasteiger charge is 2.07. The molecule has 1 aromatic heterocycles. The largest absolute Gasteiger partial charge is 0.359 e. The van der Waals surface area contributed by atoms with E-state index in [2.05, 4.69) is 42.0 Å². The molecule has 1 rings (SSSR count). The summed E-state index contributed by atoms with van der Waals surface area (Å²) in [6.45, 7) is 2.79. The summed E-state index contributed by atoms with van der Waals surface area (Å²) in [5, 5.41) is 0. The summed E-state index contributed by atoms with van der Waals surface area (Å²) in [6, 6.07) is 4.08. The van der Waals surface area contributed by atoms with E-state index in [0.29, 0.717) is 6.54 Å². The average molecular weight is 236 g/mol. The van der Waals surface area contributed by atoms with Crippen LogP contribution in [0.25, 0.3) is 0 Å². The maximum atomic E-state index is 5.62. The fraction of sp³-hybridized carbons (Fsp3) is 0.615. The Labute approximate surface area is 104 Å². The lowest BCUT2D eigenvalue weighted by Gasteiger charge is -2.21. The minimum absolute atomic E-state index is 0.671. The SMILES string of the molecule is CN(C)CCCN(C)c1ncccc1CCN. The molecule has 0 saturated carbocycles. The molecule has 0 fully saturated rings. The molecule has 1 aromatic rings. The van der Waals surface area contributed by atoms with Crippen molar-refractivity contribution in [1.29, 1.82) is 0 Å². The van der Waals surface area contributed by atoms with Crippen LogP contribution in [0.3, 0.4) is 0 Å². The molecule has 96 valence electrons. The van der Waals surface area contributed by atoms with Gasteiger partial charge >= 0.3 is 0 Å². The van der Waals surface area contributed by atoms with Crippen LogP contribution in [0.2, 0.25) is 0 Å². The summed E-state index contributed by atoms with van der Waals surface area (Å²) in [5.74, 6) is 1.07. The number of anilines is 1. The Kier molecular flexibility index (Phi) is 5.94. The molecule has 4 heteroatoms. The quantitative estimate of drug-likeness (QED) is 0.766. The van der Waals surface area contributed by atoms with Gasteiger partial charge in [-0.25, -0.2) is 4.98 Å². The van der Waals surface area contributed by atoms with Crippen LogP contribution in [-0.2, 0) is 6.42 Å². The van der Waals surface area contributed by atoms with E-state index in [0.717, 1.165) is 31.7 Å². The zero-order chi connectivity index (χ0) is 12.7. The molecular weight excluding hydrogens is 212 g/mol. The Morgan fingerprint density at radius 2 is 2.00 bits per heavy atom. The van der Waals surface area contributed by atoms with Crippen molar-refractivity contribution in [3.05, 3.63) is 23.9 Å². The summed E-state index contributed by atoms with van der Waals surface area (Å²) in [6.07, 6.45) is 3.88. The second-order valence-electron chi connectivity index (χ2n) is 4.60. The van der Waals surface area contributed by atoms with Gasteiger partial charge in [0.15, 0.2) is 0 Å². The topological polar surface area (TPSA) is 45.4 Å². The number of aromatic nitrogens is 1. The van der Waals surface area contributed by atoms with Crippen molar-refractivity contribution in [2.75, 3.05) is 45.7 Å². The average Bonchev–Trinajstić information content (AvgIpc) is 2.29. The van der Waals surface area contributed by atoms with Crippen molar-refractivity contribution < 1.29 is 0 Å². The first-order valence-corrected chi connectivity index (χ1v) is 6.15. The molecule has 0 aliphatic carbocycles. The first-order valence-electron chi connectivity index (χ1n) is 6.15. The van der Waals surface area contributed by atoms with Crippen molar-refractivity contribution in [2.24, 2.45) is 5.73 Å². The van der Waals surface area contributed by atoms with Crippen molar-refractivity contribution >= 4 is 5.82 Å². The number of rotatable bonds is 7. The highest BCUT2D eigenvalue weighted by atomic mass is 15.2. The van der Waals surface area contributed by atoms with Crippen molar-refractivity contribution in [3.8, 4) is 0 Å². The van der Waals surface area contributed by atoms with Crippen molar-refractivity contribution in [3.63, 3.8) is 0 Å². The van der Waals surface area contributed by atoms with Gasteiger partial charge in [-0.05, 0) is 51.7 Å². The Morgan fingerprint density at radius 3 is 2.65 bits per heavy atom. The third kappa shape index (κ3) is 4.71. The summed E-state index contributed by atoms with van der Waals surface area (Å²) < 4.78 is 0. The van der Waals surface area contributed by atoms with E-state index in [9.17, 15) is 0 Å². The molecule has 2 N–H and O–H groups in total. The van der Waals surface area contributed by atoms with Gasteiger partial charge in [0.25, 0.3) is 0 Å². The van der Waals surface area contributed by atoms with Crippen molar-refractivity contribution in [2.45, 2.75) is 12.8 Å². The Hall–Kier alpha value is -1.13. The maximum Gasteiger partial charge on any atom is 0.131 e. The van der Waals surface area contributed by atoms with Gasteiger partial charge in [0.05, 0.1) is 0 Å². The molecule has 0 aliphatic heterocycles. The summed E-state index contributed by atoms with van der Waals surface area (Å²) in [5.41, 5.74) is 6.85. The lowest BCUT2D eigenvalue weighted by atomic mass is 10.2. The number of pyridine rings is 1. The zero-order valence-electron chi connectivity index (χ0n) is 11.2. The molecule has 0 aliphatic rings. The smallest absolute Gasteiger partial charge is 0.131 e. The maximum absolute atomic E-state index is 5.62. The van der Waals surface area contributed by atoms with Crippen LogP contribution < -0.4 is 10.6 Å². The molecule has 0 unspecified atom stereocenters. The summed E-state index contributed by atoms with van der Waals surface area (Å²) in [7, 11) is 6.29. The lowest BCUT2D eigenvalue weighted by Crippen LogP contribution is -2.25. The molecule has 0 amide bonds. The van der Waals surface area contributed by atoms with Gasteiger partial charge in [-0.1, -0.05) is 6.07 Å². The number of nitrogens with two attached hydrogens (primary N) is 1. The third-order valence-electron chi connectivity index (χ3n) is 2.74. The van der Waals surface area contributed by atoms with E-state index in [1.807, 2.05) is 12.3 Å². The van der Waals surface area contributed by atoms with Crippen molar-refractivity contribution in [1.82, 2.24) is 9.88 Å². The minimum atomic E-state index is 0.671. The van der Waals surface area contributed by atoms with Gasteiger partial charge in [-0.3, -0.25) is 0 Å². The molecule has 4 nitrogen and oxygen atoms in total. The van der Waals surface area contributed by atoms with Crippen LogP contribution in [0.15, 0.2) is 18.3 Å². The van der Waals surface area contributed by atoms with Crippen LogP contribution >= 0.6 is 0 Å². The van der Waals surface area contributed by atoms with E-state index in [-0.39, 0.29) is 0 Å². The van der Waals surface area contributed by atoms with Crippen LogP contribution in [0, 0.1) is 0 Å². The Morgan fingerprint density at radius 1 is 1.24 bits per heavy atom. The van der Waals surface area contributed by atoms with E-state index in [1.165, 1.54) is 5.56 Å². The van der Waals surface area contributed by atoms with Gasteiger partial charge in [-0.15, -0.1) is 0 Å². The van der Waals surface area contributed by atoms with Crippen LogP contribution in [0.1, 0.15) is 12.0 Å². The fourth-order valence-electron chi connectivity index (χ4n) is 1.85. The molecule has 0 spiro atoms. The first-order chi connectivity index (χ1) is 8.15.